The van der Waals surface area contributed by atoms with Gasteiger partial charge < -0.3 is 15.2 Å². The minimum atomic E-state index is 0.107. The molecule has 1 saturated heterocycles. The molecule has 3 rings (SSSR count). The van der Waals surface area contributed by atoms with Crippen LogP contribution in [-0.2, 0) is 11.2 Å². The summed E-state index contributed by atoms with van der Waals surface area (Å²) in [6, 6.07) is 4.02. The zero-order valence-corrected chi connectivity index (χ0v) is 12.0. The van der Waals surface area contributed by atoms with Crippen LogP contribution >= 0.6 is 0 Å². The maximum atomic E-state index is 6.10. The van der Waals surface area contributed by atoms with E-state index >= 15 is 0 Å². The number of ether oxygens (including phenoxy) is 2. The molecule has 0 radical (unpaired) electrons. The molecule has 1 unspecified atom stereocenters. The Morgan fingerprint density at radius 1 is 1.35 bits per heavy atom. The number of aromatic nitrogens is 1. The lowest BCUT2D eigenvalue weighted by Gasteiger charge is -2.38. The molecule has 4 nitrogen and oxygen atoms in total. The monoisotopic (exact) mass is 276 g/mol. The fourth-order valence-electron chi connectivity index (χ4n) is 3.42. The fourth-order valence-corrected chi connectivity index (χ4v) is 3.42. The van der Waals surface area contributed by atoms with Crippen LogP contribution in [0.1, 0.15) is 44.2 Å². The van der Waals surface area contributed by atoms with Crippen molar-refractivity contribution in [3.05, 3.63) is 24.0 Å². The third-order valence-electron chi connectivity index (χ3n) is 4.46. The normalized spacial score (nSPS) is 24.9. The van der Waals surface area contributed by atoms with Crippen LogP contribution in [0.4, 0.5) is 0 Å². The van der Waals surface area contributed by atoms with E-state index in [1.807, 2.05) is 18.3 Å². The summed E-state index contributed by atoms with van der Waals surface area (Å²) in [7, 11) is 0. The van der Waals surface area contributed by atoms with Crippen molar-refractivity contribution in [2.45, 2.75) is 56.7 Å². The summed E-state index contributed by atoms with van der Waals surface area (Å²) in [6.45, 7) is 1.46. The summed E-state index contributed by atoms with van der Waals surface area (Å²) in [6.07, 6.45) is 9.89. The molecule has 1 aliphatic heterocycles. The highest BCUT2D eigenvalue weighted by molar-refractivity contribution is 5.20. The van der Waals surface area contributed by atoms with Crippen molar-refractivity contribution in [2.24, 2.45) is 5.73 Å². The van der Waals surface area contributed by atoms with Gasteiger partial charge in [-0.05, 0) is 31.5 Å². The van der Waals surface area contributed by atoms with Crippen molar-refractivity contribution in [2.75, 3.05) is 13.2 Å². The van der Waals surface area contributed by atoms with Crippen LogP contribution in [0.2, 0.25) is 0 Å². The molecular formula is C16H24N2O2. The molecule has 1 aliphatic carbocycles. The molecule has 0 aromatic carbocycles. The highest BCUT2D eigenvalue weighted by Crippen LogP contribution is 2.40. The maximum Gasteiger partial charge on any atom is 0.138 e. The lowest BCUT2D eigenvalue weighted by Crippen LogP contribution is -2.41. The SMILES string of the molecule is NCCc1ccc(OC2CCOC3(CCCC3)C2)cn1. The van der Waals surface area contributed by atoms with Gasteiger partial charge in [-0.1, -0.05) is 12.8 Å². The number of hydrogen-bond donors (Lipinski definition) is 1. The first-order valence-corrected chi connectivity index (χ1v) is 7.75. The summed E-state index contributed by atoms with van der Waals surface area (Å²) in [5.74, 6) is 0.866. The molecule has 1 aromatic heterocycles. The maximum absolute atomic E-state index is 6.10. The van der Waals surface area contributed by atoms with Crippen molar-refractivity contribution in [3.63, 3.8) is 0 Å². The van der Waals surface area contributed by atoms with Gasteiger partial charge in [0.05, 0.1) is 18.4 Å². The standard InChI is InChI=1S/C16H24N2O2/c17-9-5-13-3-4-15(12-18-13)20-14-6-10-19-16(11-14)7-1-2-8-16/h3-4,12,14H,1-2,5-11,17H2. The van der Waals surface area contributed by atoms with E-state index in [0.717, 1.165) is 37.3 Å². The van der Waals surface area contributed by atoms with Crippen LogP contribution in [-0.4, -0.2) is 29.8 Å². The molecule has 0 amide bonds. The van der Waals surface area contributed by atoms with Gasteiger partial charge >= 0.3 is 0 Å². The van der Waals surface area contributed by atoms with Crippen LogP contribution in [0.3, 0.4) is 0 Å². The average Bonchev–Trinajstić information content (AvgIpc) is 2.89. The van der Waals surface area contributed by atoms with E-state index < -0.39 is 0 Å². The van der Waals surface area contributed by atoms with Crippen LogP contribution in [0, 0.1) is 0 Å². The molecule has 2 fully saturated rings. The third kappa shape index (κ3) is 3.13. The van der Waals surface area contributed by atoms with Crippen LogP contribution in [0.5, 0.6) is 5.75 Å². The molecule has 110 valence electrons. The highest BCUT2D eigenvalue weighted by Gasteiger charge is 2.40. The first-order valence-electron chi connectivity index (χ1n) is 7.75. The van der Waals surface area contributed by atoms with Gasteiger partial charge in [0.1, 0.15) is 11.9 Å². The number of nitrogens with two attached hydrogens (primary N) is 1. The molecule has 20 heavy (non-hydrogen) atoms. The number of nitrogens with zero attached hydrogens (tertiary/aromatic N) is 1. The van der Waals surface area contributed by atoms with E-state index in [1.165, 1.54) is 25.7 Å². The van der Waals surface area contributed by atoms with Crippen LogP contribution in [0.25, 0.3) is 0 Å². The van der Waals surface area contributed by atoms with Gasteiger partial charge in [0.25, 0.3) is 0 Å². The number of rotatable bonds is 4. The van der Waals surface area contributed by atoms with Gasteiger partial charge in [-0.25, -0.2) is 0 Å². The van der Waals surface area contributed by atoms with Crippen molar-refractivity contribution in [3.8, 4) is 5.75 Å². The van der Waals surface area contributed by atoms with E-state index in [-0.39, 0.29) is 11.7 Å². The largest absolute Gasteiger partial charge is 0.489 e. The second-order valence-corrected chi connectivity index (χ2v) is 6.00. The molecule has 0 bridgehead atoms. The van der Waals surface area contributed by atoms with Crippen molar-refractivity contribution >= 4 is 0 Å². The molecular weight excluding hydrogens is 252 g/mol. The van der Waals surface area contributed by atoms with Gasteiger partial charge in [-0.15, -0.1) is 0 Å². The molecule has 4 heteroatoms. The quantitative estimate of drug-likeness (QED) is 0.917. The minimum absolute atomic E-state index is 0.107. The van der Waals surface area contributed by atoms with Crippen molar-refractivity contribution < 1.29 is 9.47 Å². The van der Waals surface area contributed by atoms with Gasteiger partial charge in [0, 0.05) is 25.0 Å². The summed E-state index contributed by atoms with van der Waals surface area (Å²) in [5.41, 5.74) is 6.66. The number of pyridine rings is 1. The Morgan fingerprint density at radius 2 is 2.20 bits per heavy atom. The molecule has 2 heterocycles. The van der Waals surface area contributed by atoms with Crippen LogP contribution in [0.15, 0.2) is 18.3 Å². The van der Waals surface area contributed by atoms with Gasteiger partial charge in [0.15, 0.2) is 0 Å². The predicted octanol–water partition coefficient (Wildman–Crippen LogP) is 2.45. The Balaban J connectivity index is 1.59. The smallest absolute Gasteiger partial charge is 0.138 e. The van der Waals surface area contributed by atoms with Crippen LogP contribution < -0.4 is 10.5 Å². The van der Waals surface area contributed by atoms with Crippen molar-refractivity contribution in [1.29, 1.82) is 0 Å². The number of hydrogen-bond acceptors (Lipinski definition) is 4. The Morgan fingerprint density at radius 3 is 2.90 bits per heavy atom. The predicted molar refractivity (Wildman–Crippen MR) is 77.8 cm³/mol. The first kappa shape index (κ1) is 13.8. The van der Waals surface area contributed by atoms with Gasteiger partial charge in [-0.3, -0.25) is 4.98 Å². The molecule has 2 aliphatic rings. The Labute approximate surface area is 120 Å². The second kappa shape index (κ2) is 6.10. The molecule has 1 aromatic rings. The van der Waals surface area contributed by atoms with E-state index in [4.69, 9.17) is 15.2 Å². The minimum Gasteiger partial charge on any atom is -0.489 e. The lowest BCUT2D eigenvalue weighted by atomic mass is 9.90. The lowest BCUT2D eigenvalue weighted by molar-refractivity contribution is -0.108. The topological polar surface area (TPSA) is 57.4 Å². The average molecular weight is 276 g/mol. The summed E-state index contributed by atoms with van der Waals surface area (Å²) >= 11 is 0. The van der Waals surface area contributed by atoms with E-state index in [9.17, 15) is 0 Å². The fraction of sp³-hybridized carbons (Fsp3) is 0.688. The highest BCUT2D eigenvalue weighted by atomic mass is 16.5. The van der Waals surface area contributed by atoms with E-state index in [0.29, 0.717) is 6.54 Å². The summed E-state index contributed by atoms with van der Waals surface area (Å²) in [5, 5.41) is 0. The van der Waals surface area contributed by atoms with E-state index in [2.05, 4.69) is 4.98 Å². The molecule has 2 N–H and O–H groups in total. The second-order valence-electron chi connectivity index (χ2n) is 6.00. The summed E-state index contributed by atoms with van der Waals surface area (Å²) < 4.78 is 12.1. The zero-order valence-electron chi connectivity index (χ0n) is 12.0. The van der Waals surface area contributed by atoms with Gasteiger partial charge in [0.2, 0.25) is 0 Å². The zero-order chi connectivity index (χ0) is 13.8. The molecule has 1 saturated carbocycles. The Hall–Kier alpha value is -1.13. The molecule has 1 spiro atoms. The Bertz CT molecular complexity index is 427. The van der Waals surface area contributed by atoms with Gasteiger partial charge in [-0.2, -0.15) is 0 Å². The third-order valence-corrected chi connectivity index (χ3v) is 4.46. The van der Waals surface area contributed by atoms with Crippen molar-refractivity contribution in [1.82, 2.24) is 4.98 Å². The molecule has 1 atom stereocenters. The first-order chi connectivity index (χ1) is 9.80. The summed E-state index contributed by atoms with van der Waals surface area (Å²) in [4.78, 5) is 4.39. The Kier molecular flexibility index (Phi) is 4.22. The van der Waals surface area contributed by atoms with E-state index in [1.54, 1.807) is 0 Å².